The average Bonchev–Trinajstić information content (AvgIpc) is 2.76. The number of aromatic nitrogens is 1. The molecule has 0 spiro atoms. The molecule has 0 aliphatic heterocycles. The fourth-order valence-corrected chi connectivity index (χ4v) is 2.84. The van der Waals surface area contributed by atoms with Gasteiger partial charge in [-0.05, 0) is 25.3 Å². The van der Waals surface area contributed by atoms with Crippen LogP contribution in [0, 0.1) is 5.92 Å². The number of nitrogens with one attached hydrogen (secondary N) is 1. The van der Waals surface area contributed by atoms with Crippen LogP contribution in [-0.4, -0.2) is 25.1 Å². The predicted molar refractivity (Wildman–Crippen MR) is 81.6 cm³/mol. The van der Waals surface area contributed by atoms with Gasteiger partial charge in [0.1, 0.15) is 0 Å². The van der Waals surface area contributed by atoms with E-state index in [0.717, 1.165) is 32.0 Å². The van der Waals surface area contributed by atoms with E-state index >= 15 is 0 Å². The lowest BCUT2D eigenvalue weighted by Gasteiger charge is -2.16. The van der Waals surface area contributed by atoms with E-state index in [9.17, 15) is 0 Å². The van der Waals surface area contributed by atoms with E-state index in [1.165, 1.54) is 22.1 Å². The molecule has 0 unspecified atom stereocenters. The predicted octanol–water partition coefficient (Wildman–Crippen LogP) is 3.30. The Morgan fingerprint density at radius 3 is 2.61 bits per heavy atom. The van der Waals surface area contributed by atoms with Gasteiger partial charge in [0.2, 0.25) is 0 Å². The maximum Gasteiger partial charge on any atom is 0.185 e. The summed E-state index contributed by atoms with van der Waals surface area (Å²) in [5, 5.41) is 4.56. The molecule has 4 heteroatoms. The summed E-state index contributed by atoms with van der Waals surface area (Å²) in [6, 6.07) is 0. The van der Waals surface area contributed by atoms with Gasteiger partial charge in [-0.2, -0.15) is 0 Å². The van der Waals surface area contributed by atoms with Gasteiger partial charge >= 0.3 is 0 Å². The molecule has 0 atom stereocenters. The summed E-state index contributed by atoms with van der Waals surface area (Å²) < 4.78 is 0. The number of aryl methyl sites for hydroxylation is 1. The van der Waals surface area contributed by atoms with Gasteiger partial charge in [0.05, 0.1) is 5.69 Å². The molecule has 1 N–H and O–H groups in total. The van der Waals surface area contributed by atoms with Crippen LogP contribution in [0.15, 0.2) is 0 Å². The molecule has 1 aromatic rings. The lowest BCUT2D eigenvalue weighted by molar-refractivity contribution is 0.585. The fraction of sp³-hybridized carbons (Fsp3) is 0.786. The molecule has 0 aromatic carbocycles. The van der Waals surface area contributed by atoms with Crippen molar-refractivity contribution < 1.29 is 0 Å². The first kappa shape index (κ1) is 15.4. The van der Waals surface area contributed by atoms with Gasteiger partial charge in [-0.1, -0.05) is 27.7 Å². The first-order chi connectivity index (χ1) is 8.58. The smallest absolute Gasteiger partial charge is 0.185 e. The Bertz CT molecular complexity index is 347. The van der Waals surface area contributed by atoms with E-state index in [4.69, 9.17) is 4.98 Å². The Kier molecular flexibility index (Phi) is 6.65. The van der Waals surface area contributed by atoms with Gasteiger partial charge in [0, 0.05) is 25.0 Å². The van der Waals surface area contributed by atoms with Crippen LogP contribution in [0.5, 0.6) is 0 Å². The number of hydrogen-bond acceptors (Lipinski definition) is 4. The first-order valence-electron chi connectivity index (χ1n) is 6.98. The van der Waals surface area contributed by atoms with E-state index in [0.29, 0.717) is 0 Å². The largest absolute Gasteiger partial charge is 0.351 e. The highest BCUT2D eigenvalue weighted by Crippen LogP contribution is 2.26. The Morgan fingerprint density at radius 2 is 2.06 bits per heavy atom. The Labute approximate surface area is 116 Å². The highest BCUT2D eigenvalue weighted by Gasteiger charge is 2.12. The van der Waals surface area contributed by atoms with Crippen molar-refractivity contribution in [1.29, 1.82) is 0 Å². The minimum Gasteiger partial charge on any atom is -0.351 e. The molecule has 3 nitrogen and oxygen atoms in total. The van der Waals surface area contributed by atoms with Crippen LogP contribution >= 0.6 is 11.3 Å². The third kappa shape index (κ3) is 4.58. The van der Waals surface area contributed by atoms with Gasteiger partial charge in [0.15, 0.2) is 5.13 Å². The third-order valence-electron chi connectivity index (χ3n) is 3.01. The van der Waals surface area contributed by atoms with Crippen LogP contribution < -0.4 is 10.2 Å². The summed E-state index contributed by atoms with van der Waals surface area (Å²) >= 11 is 1.84. The van der Waals surface area contributed by atoms with Crippen molar-refractivity contribution in [1.82, 2.24) is 10.3 Å². The van der Waals surface area contributed by atoms with Crippen molar-refractivity contribution in [3.05, 3.63) is 10.6 Å². The Hall–Kier alpha value is -0.610. The summed E-state index contributed by atoms with van der Waals surface area (Å²) in [5.74, 6) is 0.749. The number of rotatable bonds is 8. The van der Waals surface area contributed by atoms with Crippen molar-refractivity contribution in [2.75, 3.05) is 25.0 Å². The van der Waals surface area contributed by atoms with Crippen molar-refractivity contribution in [2.24, 2.45) is 5.92 Å². The van der Waals surface area contributed by atoms with Crippen molar-refractivity contribution in [3.8, 4) is 0 Å². The van der Waals surface area contributed by atoms with E-state index < -0.39 is 0 Å². The fourth-order valence-electron chi connectivity index (χ4n) is 1.73. The van der Waals surface area contributed by atoms with Crippen molar-refractivity contribution in [2.45, 2.75) is 47.1 Å². The molecule has 0 aliphatic carbocycles. The molecule has 18 heavy (non-hydrogen) atoms. The lowest BCUT2D eigenvalue weighted by atomic mass is 10.1. The molecule has 0 aliphatic rings. The summed E-state index contributed by atoms with van der Waals surface area (Å²) in [4.78, 5) is 8.45. The molecular weight excluding hydrogens is 242 g/mol. The topological polar surface area (TPSA) is 28.2 Å². The summed E-state index contributed by atoms with van der Waals surface area (Å²) in [5.41, 5.74) is 1.26. The number of anilines is 1. The van der Waals surface area contributed by atoms with Crippen LogP contribution in [0.3, 0.4) is 0 Å². The number of thiazole rings is 1. The van der Waals surface area contributed by atoms with Crippen LogP contribution in [0.1, 0.15) is 44.7 Å². The van der Waals surface area contributed by atoms with Crippen LogP contribution in [0.4, 0.5) is 5.13 Å². The summed E-state index contributed by atoms with van der Waals surface area (Å²) in [7, 11) is 2.15. The Balaban J connectivity index is 2.67. The van der Waals surface area contributed by atoms with Crippen LogP contribution in [-0.2, 0) is 13.0 Å². The van der Waals surface area contributed by atoms with E-state index in [1.807, 2.05) is 11.3 Å². The molecule has 0 amide bonds. The van der Waals surface area contributed by atoms with Crippen molar-refractivity contribution >= 4 is 16.5 Å². The zero-order valence-electron chi connectivity index (χ0n) is 12.4. The molecular formula is C14H27N3S. The summed E-state index contributed by atoms with van der Waals surface area (Å²) in [6.45, 7) is 11.9. The van der Waals surface area contributed by atoms with Gasteiger partial charge in [-0.25, -0.2) is 4.98 Å². The number of hydrogen-bond donors (Lipinski definition) is 1. The molecule has 0 radical (unpaired) electrons. The highest BCUT2D eigenvalue weighted by molar-refractivity contribution is 7.15. The zero-order valence-corrected chi connectivity index (χ0v) is 13.2. The minimum atomic E-state index is 0.749. The van der Waals surface area contributed by atoms with Gasteiger partial charge < -0.3 is 10.2 Å². The highest BCUT2D eigenvalue weighted by atomic mass is 32.1. The first-order valence-corrected chi connectivity index (χ1v) is 7.80. The average molecular weight is 269 g/mol. The minimum absolute atomic E-state index is 0.749. The lowest BCUT2D eigenvalue weighted by Crippen LogP contribution is -2.19. The molecule has 0 saturated heterocycles. The second-order valence-electron chi connectivity index (χ2n) is 5.10. The maximum atomic E-state index is 4.76. The third-order valence-corrected chi connectivity index (χ3v) is 4.22. The molecule has 0 saturated carbocycles. The monoisotopic (exact) mass is 269 g/mol. The molecule has 1 rings (SSSR count). The van der Waals surface area contributed by atoms with E-state index in [2.05, 4.69) is 45.0 Å². The van der Waals surface area contributed by atoms with E-state index in [1.54, 1.807) is 0 Å². The molecule has 0 fully saturated rings. The SMILES string of the molecule is CCNCc1sc(N(C)CCC(C)C)nc1CC. The van der Waals surface area contributed by atoms with Crippen LogP contribution in [0.25, 0.3) is 0 Å². The quantitative estimate of drug-likeness (QED) is 0.785. The molecule has 0 bridgehead atoms. The van der Waals surface area contributed by atoms with Gasteiger partial charge in [-0.3, -0.25) is 0 Å². The Morgan fingerprint density at radius 1 is 1.33 bits per heavy atom. The summed E-state index contributed by atoms with van der Waals surface area (Å²) in [6.07, 6.45) is 2.25. The number of nitrogens with zero attached hydrogens (tertiary/aromatic N) is 2. The zero-order chi connectivity index (χ0) is 13.5. The standard InChI is InChI=1S/C14H27N3S/c1-6-12-13(10-15-7-2)18-14(16-12)17(5)9-8-11(3)4/h11,15H,6-10H2,1-5H3. The van der Waals surface area contributed by atoms with Gasteiger partial charge in [-0.15, -0.1) is 11.3 Å². The second-order valence-corrected chi connectivity index (χ2v) is 6.17. The van der Waals surface area contributed by atoms with Crippen molar-refractivity contribution in [3.63, 3.8) is 0 Å². The maximum absolute atomic E-state index is 4.76. The van der Waals surface area contributed by atoms with Gasteiger partial charge in [0.25, 0.3) is 0 Å². The second kappa shape index (κ2) is 7.74. The molecule has 1 aromatic heterocycles. The van der Waals surface area contributed by atoms with E-state index in [-0.39, 0.29) is 0 Å². The van der Waals surface area contributed by atoms with Crippen LogP contribution in [0.2, 0.25) is 0 Å². The normalized spacial score (nSPS) is 11.2. The molecule has 1 heterocycles. The molecule has 104 valence electrons.